The number of halogens is 1. The quantitative estimate of drug-likeness (QED) is 0.626. The molecule has 0 saturated heterocycles. The van der Waals surface area contributed by atoms with Gasteiger partial charge in [0.2, 0.25) is 0 Å². The fourth-order valence-electron chi connectivity index (χ4n) is 1.01. The molecule has 0 atom stereocenters. The van der Waals surface area contributed by atoms with Gasteiger partial charge in [0.05, 0.1) is 10.9 Å². The lowest BCUT2D eigenvalue weighted by molar-refractivity contribution is 0.601. The molecule has 0 N–H and O–H groups in total. The fraction of sp³-hybridized carbons (Fsp3) is 0.100. The van der Waals surface area contributed by atoms with E-state index in [1.54, 1.807) is 24.3 Å². The zero-order valence-corrected chi connectivity index (χ0v) is 10.5. The minimum absolute atomic E-state index is 0.205. The third-order valence-electron chi connectivity index (χ3n) is 1.64. The van der Waals surface area contributed by atoms with E-state index in [1.165, 1.54) is 6.08 Å². The van der Waals surface area contributed by atoms with Crippen LogP contribution >= 0.6 is 23.8 Å². The minimum Gasteiger partial charge on any atom is -0.204 e. The summed E-state index contributed by atoms with van der Waals surface area (Å²) in [5, 5.41) is 2.43. The lowest BCUT2D eigenvalue weighted by Gasteiger charge is -1.93. The van der Waals surface area contributed by atoms with E-state index in [4.69, 9.17) is 11.6 Å². The Hall–Kier alpha value is -1.00. The largest absolute Gasteiger partial charge is 0.265 e. The van der Waals surface area contributed by atoms with Crippen LogP contribution in [0.2, 0.25) is 5.02 Å². The van der Waals surface area contributed by atoms with Crippen molar-refractivity contribution in [3.05, 3.63) is 40.9 Å². The molecular formula is C10H8ClNO2S2. The molecule has 0 saturated carbocycles. The molecular weight excluding hydrogens is 266 g/mol. The maximum Gasteiger partial charge on any atom is 0.265 e. The molecule has 3 nitrogen and oxygen atoms in total. The molecule has 0 heterocycles. The first kappa shape index (κ1) is 13.1. The Balaban J connectivity index is 2.73. The maximum absolute atomic E-state index is 11.1. The SMILES string of the molecule is O=S(=O)(CC=Cc1cccc(Cl)c1)N=C=S. The van der Waals surface area contributed by atoms with Gasteiger partial charge in [-0.3, -0.25) is 0 Å². The van der Waals surface area contributed by atoms with Crippen LogP contribution in [0, 0.1) is 0 Å². The van der Waals surface area contributed by atoms with E-state index >= 15 is 0 Å². The summed E-state index contributed by atoms with van der Waals surface area (Å²) in [6, 6.07) is 7.07. The van der Waals surface area contributed by atoms with Gasteiger partial charge in [-0.25, -0.2) is 8.42 Å². The van der Waals surface area contributed by atoms with E-state index in [1.807, 2.05) is 11.2 Å². The second kappa shape index (κ2) is 5.92. The highest BCUT2D eigenvalue weighted by Crippen LogP contribution is 2.11. The zero-order valence-electron chi connectivity index (χ0n) is 8.13. The van der Waals surface area contributed by atoms with Gasteiger partial charge in [0.1, 0.15) is 0 Å². The molecule has 0 spiro atoms. The van der Waals surface area contributed by atoms with Gasteiger partial charge < -0.3 is 0 Å². The van der Waals surface area contributed by atoms with E-state index in [0.717, 1.165) is 5.56 Å². The smallest absolute Gasteiger partial charge is 0.204 e. The van der Waals surface area contributed by atoms with Gasteiger partial charge in [-0.05, 0) is 29.9 Å². The molecule has 0 aromatic heterocycles. The van der Waals surface area contributed by atoms with Crippen molar-refractivity contribution in [3.63, 3.8) is 0 Å². The molecule has 16 heavy (non-hydrogen) atoms. The Bertz CT molecular complexity index is 546. The summed E-state index contributed by atoms with van der Waals surface area (Å²) in [6.07, 6.45) is 3.14. The molecule has 84 valence electrons. The predicted molar refractivity (Wildman–Crippen MR) is 69.3 cm³/mol. The first-order chi connectivity index (χ1) is 7.53. The first-order valence-corrected chi connectivity index (χ1v) is 6.67. The number of hydrogen-bond donors (Lipinski definition) is 0. The average Bonchev–Trinajstić information content (AvgIpc) is 2.17. The number of rotatable bonds is 4. The number of sulfonamides is 1. The van der Waals surface area contributed by atoms with Crippen LogP contribution in [0.1, 0.15) is 5.56 Å². The summed E-state index contributed by atoms with van der Waals surface area (Å²) >= 11 is 9.99. The Morgan fingerprint density at radius 2 is 2.25 bits per heavy atom. The van der Waals surface area contributed by atoms with Gasteiger partial charge in [-0.2, -0.15) is 0 Å². The summed E-state index contributed by atoms with van der Waals surface area (Å²) in [4.78, 5) is 0. The van der Waals surface area contributed by atoms with Crippen molar-refractivity contribution in [2.24, 2.45) is 4.40 Å². The van der Waals surface area contributed by atoms with Crippen molar-refractivity contribution in [2.45, 2.75) is 0 Å². The van der Waals surface area contributed by atoms with Gasteiger partial charge in [0.15, 0.2) is 0 Å². The first-order valence-electron chi connectivity index (χ1n) is 4.27. The highest BCUT2D eigenvalue weighted by atomic mass is 35.5. The summed E-state index contributed by atoms with van der Waals surface area (Å²) in [5.41, 5.74) is 0.828. The van der Waals surface area contributed by atoms with Crippen LogP contribution in [0.3, 0.4) is 0 Å². The van der Waals surface area contributed by atoms with Crippen LogP contribution in [0.25, 0.3) is 6.08 Å². The highest BCUT2D eigenvalue weighted by Gasteiger charge is 2.02. The van der Waals surface area contributed by atoms with E-state index in [0.29, 0.717) is 5.02 Å². The Kier molecular flexibility index (Phi) is 4.83. The molecule has 0 unspecified atom stereocenters. The Labute approximate surface area is 105 Å². The van der Waals surface area contributed by atoms with Crippen molar-refractivity contribution in [1.29, 1.82) is 0 Å². The molecule has 0 fully saturated rings. The predicted octanol–water partition coefficient (Wildman–Crippen LogP) is 2.79. The van der Waals surface area contributed by atoms with Crippen LogP contribution in [-0.2, 0) is 10.0 Å². The maximum atomic E-state index is 11.1. The monoisotopic (exact) mass is 273 g/mol. The van der Waals surface area contributed by atoms with E-state index < -0.39 is 10.0 Å². The normalized spacial score (nSPS) is 11.3. The zero-order chi connectivity index (χ0) is 12.0. The Morgan fingerprint density at radius 3 is 2.88 bits per heavy atom. The van der Waals surface area contributed by atoms with Crippen LogP contribution < -0.4 is 0 Å². The molecule has 0 bridgehead atoms. The van der Waals surface area contributed by atoms with Crippen molar-refractivity contribution < 1.29 is 8.42 Å². The highest BCUT2D eigenvalue weighted by molar-refractivity contribution is 7.91. The van der Waals surface area contributed by atoms with Crippen LogP contribution in [0.4, 0.5) is 0 Å². The van der Waals surface area contributed by atoms with E-state index in [-0.39, 0.29) is 5.75 Å². The topological polar surface area (TPSA) is 46.5 Å². The average molecular weight is 274 g/mol. The molecule has 0 aliphatic carbocycles. The molecule has 0 amide bonds. The molecule has 1 rings (SSSR count). The van der Waals surface area contributed by atoms with E-state index in [2.05, 4.69) is 16.6 Å². The standard InChI is InChI=1S/C10H8ClNO2S2/c11-10-5-1-3-9(7-10)4-2-6-16(13,14)12-8-15/h1-5,7H,6H2. The molecule has 0 aliphatic rings. The fourth-order valence-corrected chi connectivity index (χ4v) is 2.08. The summed E-state index contributed by atoms with van der Waals surface area (Å²) in [6.45, 7) is 0. The number of thiocarbonyl (C=S) groups is 1. The lowest BCUT2D eigenvalue weighted by atomic mass is 10.2. The van der Waals surface area contributed by atoms with Gasteiger partial charge >= 0.3 is 0 Å². The number of nitrogens with zero attached hydrogens (tertiary/aromatic N) is 1. The summed E-state index contributed by atoms with van der Waals surface area (Å²) < 4.78 is 25.3. The third kappa shape index (κ3) is 4.68. The lowest BCUT2D eigenvalue weighted by Crippen LogP contribution is -1.98. The number of isothiocyanates is 1. The van der Waals surface area contributed by atoms with Crippen molar-refractivity contribution in [1.82, 2.24) is 0 Å². The van der Waals surface area contributed by atoms with Gasteiger partial charge in [0.25, 0.3) is 10.0 Å². The van der Waals surface area contributed by atoms with Crippen LogP contribution in [0.15, 0.2) is 34.7 Å². The Morgan fingerprint density at radius 1 is 1.50 bits per heavy atom. The molecule has 0 aliphatic heterocycles. The molecule has 0 radical (unpaired) electrons. The van der Waals surface area contributed by atoms with Crippen LogP contribution in [0.5, 0.6) is 0 Å². The van der Waals surface area contributed by atoms with Gasteiger partial charge in [-0.15, -0.1) is 4.40 Å². The second-order valence-electron chi connectivity index (χ2n) is 2.89. The van der Waals surface area contributed by atoms with E-state index in [9.17, 15) is 8.42 Å². The molecule has 1 aromatic rings. The summed E-state index contributed by atoms with van der Waals surface area (Å²) in [5.74, 6) is -0.205. The van der Waals surface area contributed by atoms with Gasteiger partial charge in [-0.1, -0.05) is 35.9 Å². The number of benzene rings is 1. The number of hydrogen-bond acceptors (Lipinski definition) is 3. The van der Waals surface area contributed by atoms with Gasteiger partial charge in [0, 0.05) is 5.02 Å². The molecule has 6 heteroatoms. The second-order valence-corrected chi connectivity index (χ2v) is 5.19. The van der Waals surface area contributed by atoms with Crippen molar-refractivity contribution in [3.8, 4) is 0 Å². The molecule has 1 aromatic carbocycles. The van der Waals surface area contributed by atoms with Crippen molar-refractivity contribution in [2.75, 3.05) is 5.75 Å². The van der Waals surface area contributed by atoms with Crippen molar-refractivity contribution >= 4 is 45.1 Å². The minimum atomic E-state index is -3.52. The van der Waals surface area contributed by atoms with Crippen LogP contribution in [-0.4, -0.2) is 19.3 Å². The third-order valence-corrected chi connectivity index (χ3v) is 3.07. The summed E-state index contributed by atoms with van der Waals surface area (Å²) in [7, 11) is -3.52.